The van der Waals surface area contributed by atoms with Gasteiger partial charge in [-0.3, -0.25) is 4.79 Å². The smallest absolute Gasteiger partial charge is 0.276 e. The highest BCUT2D eigenvalue weighted by Crippen LogP contribution is 2.16. The van der Waals surface area contributed by atoms with Crippen LogP contribution in [0.1, 0.15) is 16.2 Å². The summed E-state index contributed by atoms with van der Waals surface area (Å²) in [5, 5.41) is 15.1. The predicted molar refractivity (Wildman–Crippen MR) is 71.8 cm³/mol. The van der Waals surface area contributed by atoms with Gasteiger partial charge in [0.15, 0.2) is 11.5 Å². The number of rotatable bonds is 3. The Hall–Kier alpha value is -2.68. The monoisotopic (exact) mass is 287 g/mol. The van der Waals surface area contributed by atoms with E-state index in [0.717, 1.165) is 5.69 Å². The fourth-order valence-electron chi connectivity index (χ4n) is 1.49. The molecule has 0 spiro atoms. The van der Waals surface area contributed by atoms with E-state index in [-0.39, 0.29) is 11.6 Å². The molecule has 20 heavy (non-hydrogen) atoms. The fourth-order valence-corrected chi connectivity index (χ4v) is 2.15. The molecule has 3 rings (SSSR count). The average molecular weight is 287 g/mol. The molecule has 0 aliphatic carbocycles. The summed E-state index contributed by atoms with van der Waals surface area (Å²) in [6, 6.07) is 5.02. The van der Waals surface area contributed by atoms with E-state index in [1.807, 2.05) is 6.92 Å². The maximum absolute atomic E-state index is 12.0. The summed E-state index contributed by atoms with van der Waals surface area (Å²) in [5.74, 6) is 0.166. The third kappa shape index (κ3) is 2.52. The lowest BCUT2D eigenvalue weighted by molar-refractivity contribution is 0.102. The molecule has 1 N–H and O–H groups in total. The average Bonchev–Trinajstić information content (AvgIpc) is 3.11. The van der Waals surface area contributed by atoms with Crippen LogP contribution in [0.5, 0.6) is 0 Å². The first kappa shape index (κ1) is 12.4. The highest BCUT2D eigenvalue weighted by molar-refractivity contribution is 7.10. The second-order valence-corrected chi connectivity index (χ2v) is 4.71. The first-order valence-electron chi connectivity index (χ1n) is 5.66. The van der Waals surface area contributed by atoms with Crippen LogP contribution in [-0.2, 0) is 0 Å². The fraction of sp³-hybridized carbons (Fsp3) is 0.0909. The van der Waals surface area contributed by atoms with Gasteiger partial charge in [0, 0.05) is 0 Å². The van der Waals surface area contributed by atoms with Crippen LogP contribution in [0.2, 0.25) is 0 Å². The predicted octanol–water partition coefficient (Wildman–Crippen LogP) is 1.07. The molecule has 0 saturated carbocycles. The number of aryl methyl sites for hydroxylation is 1. The van der Waals surface area contributed by atoms with Gasteiger partial charge in [0.05, 0.1) is 5.69 Å². The third-order valence-corrected chi connectivity index (χ3v) is 3.20. The van der Waals surface area contributed by atoms with Gasteiger partial charge in [0.1, 0.15) is 17.7 Å². The number of carbonyl (C=O) groups excluding carboxylic acids is 1. The quantitative estimate of drug-likeness (QED) is 0.773. The highest BCUT2D eigenvalue weighted by atomic mass is 32.1. The van der Waals surface area contributed by atoms with Crippen LogP contribution in [0.15, 0.2) is 30.9 Å². The van der Waals surface area contributed by atoms with Crippen LogP contribution in [-0.4, -0.2) is 35.2 Å². The molecule has 0 aromatic carbocycles. The van der Waals surface area contributed by atoms with Gasteiger partial charge in [-0.1, -0.05) is 0 Å². The maximum atomic E-state index is 12.0. The van der Waals surface area contributed by atoms with E-state index in [2.05, 4.69) is 30.0 Å². The molecule has 3 aromatic heterocycles. The highest BCUT2D eigenvalue weighted by Gasteiger charge is 2.10. The standard InChI is InChI=1S/C11H9N7OS/c1-7-4-10(20-17-7)14-11(19)8-2-3-9(16-15-8)18-6-12-5-13-18/h2-6H,1H3,(H,14,19). The van der Waals surface area contributed by atoms with Crippen LogP contribution in [0.25, 0.3) is 5.82 Å². The van der Waals surface area contributed by atoms with Gasteiger partial charge in [-0.15, -0.1) is 10.2 Å². The van der Waals surface area contributed by atoms with Crippen molar-refractivity contribution in [3.63, 3.8) is 0 Å². The zero-order chi connectivity index (χ0) is 13.9. The SMILES string of the molecule is Cc1cc(NC(=O)c2ccc(-n3cncn3)nn2)sn1. The van der Waals surface area contributed by atoms with Crippen molar-refractivity contribution in [3.05, 3.63) is 42.2 Å². The van der Waals surface area contributed by atoms with Crippen LogP contribution in [0, 0.1) is 6.92 Å². The molecular formula is C11H9N7OS. The van der Waals surface area contributed by atoms with Crippen molar-refractivity contribution in [1.82, 2.24) is 29.3 Å². The third-order valence-electron chi connectivity index (χ3n) is 2.40. The van der Waals surface area contributed by atoms with Crippen LogP contribution < -0.4 is 5.32 Å². The van der Waals surface area contributed by atoms with Gasteiger partial charge in [0.25, 0.3) is 5.91 Å². The second kappa shape index (κ2) is 5.13. The lowest BCUT2D eigenvalue weighted by Gasteiger charge is -2.02. The Morgan fingerprint density at radius 1 is 1.35 bits per heavy atom. The molecule has 0 atom stereocenters. The number of aromatic nitrogens is 6. The van der Waals surface area contributed by atoms with E-state index in [9.17, 15) is 4.79 Å². The van der Waals surface area contributed by atoms with Gasteiger partial charge in [-0.05, 0) is 36.7 Å². The van der Waals surface area contributed by atoms with E-state index >= 15 is 0 Å². The van der Waals surface area contributed by atoms with E-state index in [4.69, 9.17) is 0 Å². The van der Waals surface area contributed by atoms with E-state index in [1.54, 1.807) is 18.2 Å². The molecule has 0 radical (unpaired) electrons. The largest absolute Gasteiger partial charge is 0.311 e. The van der Waals surface area contributed by atoms with Gasteiger partial charge in [-0.2, -0.15) is 9.47 Å². The van der Waals surface area contributed by atoms with E-state index in [1.165, 1.54) is 28.9 Å². The Balaban J connectivity index is 1.75. The molecule has 3 heterocycles. The minimum absolute atomic E-state index is 0.222. The number of anilines is 1. The first-order chi connectivity index (χ1) is 9.72. The molecule has 1 amide bonds. The summed E-state index contributed by atoms with van der Waals surface area (Å²) in [7, 11) is 0. The van der Waals surface area contributed by atoms with Crippen molar-refractivity contribution in [3.8, 4) is 5.82 Å². The Labute approximate surface area is 117 Å². The van der Waals surface area contributed by atoms with Crippen molar-refractivity contribution in [2.45, 2.75) is 6.92 Å². The lowest BCUT2D eigenvalue weighted by Crippen LogP contribution is -2.14. The van der Waals surface area contributed by atoms with Crippen LogP contribution >= 0.6 is 11.5 Å². The van der Waals surface area contributed by atoms with Crippen molar-refractivity contribution < 1.29 is 4.79 Å². The molecule has 3 aromatic rings. The molecule has 8 nitrogen and oxygen atoms in total. The first-order valence-corrected chi connectivity index (χ1v) is 6.43. The van der Waals surface area contributed by atoms with E-state index < -0.39 is 0 Å². The van der Waals surface area contributed by atoms with Gasteiger partial charge >= 0.3 is 0 Å². The molecule has 0 saturated heterocycles. The Kier molecular flexibility index (Phi) is 3.17. The molecule has 0 unspecified atom stereocenters. The van der Waals surface area contributed by atoms with Crippen molar-refractivity contribution in [1.29, 1.82) is 0 Å². The van der Waals surface area contributed by atoms with Crippen LogP contribution in [0.3, 0.4) is 0 Å². The summed E-state index contributed by atoms with van der Waals surface area (Å²) in [4.78, 5) is 15.8. The summed E-state index contributed by atoms with van der Waals surface area (Å²) >= 11 is 1.22. The number of nitrogens with zero attached hydrogens (tertiary/aromatic N) is 6. The molecular weight excluding hydrogens is 278 g/mol. The minimum atomic E-state index is -0.328. The summed E-state index contributed by atoms with van der Waals surface area (Å²) in [6.45, 7) is 1.86. The molecule has 0 bridgehead atoms. The molecule has 9 heteroatoms. The molecule has 0 aliphatic rings. The normalized spacial score (nSPS) is 10.4. The Morgan fingerprint density at radius 3 is 2.85 bits per heavy atom. The molecule has 100 valence electrons. The Bertz CT molecular complexity index is 720. The van der Waals surface area contributed by atoms with Gasteiger partial charge in [0.2, 0.25) is 0 Å². The number of carbonyl (C=O) groups is 1. The minimum Gasteiger partial charge on any atom is -0.311 e. The number of amides is 1. The zero-order valence-corrected chi connectivity index (χ0v) is 11.2. The van der Waals surface area contributed by atoms with Gasteiger partial charge < -0.3 is 5.32 Å². The topological polar surface area (TPSA) is 98.5 Å². The Morgan fingerprint density at radius 2 is 2.25 bits per heavy atom. The second-order valence-electron chi connectivity index (χ2n) is 3.90. The molecule has 0 fully saturated rings. The summed E-state index contributed by atoms with van der Waals surface area (Å²) in [5.41, 5.74) is 1.08. The zero-order valence-electron chi connectivity index (χ0n) is 10.4. The molecule has 0 aliphatic heterocycles. The number of hydrogen-bond donors (Lipinski definition) is 1. The lowest BCUT2D eigenvalue weighted by atomic mass is 10.3. The van der Waals surface area contributed by atoms with E-state index in [0.29, 0.717) is 10.8 Å². The summed E-state index contributed by atoms with van der Waals surface area (Å²) in [6.07, 6.45) is 2.90. The van der Waals surface area contributed by atoms with Crippen molar-refractivity contribution in [2.75, 3.05) is 5.32 Å². The summed E-state index contributed by atoms with van der Waals surface area (Å²) < 4.78 is 5.54. The van der Waals surface area contributed by atoms with Crippen molar-refractivity contribution in [2.24, 2.45) is 0 Å². The van der Waals surface area contributed by atoms with Gasteiger partial charge in [-0.25, -0.2) is 9.67 Å². The maximum Gasteiger partial charge on any atom is 0.276 e. The number of hydrogen-bond acceptors (Lipinski definition) is 7. The number of nitrogens with one attached hydrogen (secondary N) is 1. The van der Waals surface area contributed by atoms with Crippen molar-refractivity contribution >= 4 is 22.4 Å². The van der Waals surface area contributed by atoms with Crippen LogP contribution in [0.4, 0.5) is 5.00 Å².